The van der Waals surface area contributed by atoms with Gasteiger partial charge in [0, 0.05) is 44.7 Å². The van der Waals surface area contributed by atoms with Crippen LogP contribution < -0.4 is 20.5 Å². The fourth-order valence-electron chi connectivity index (χ4n) is 5.25. The Hall–Kier alpha value is -5.45. The standard InChI is InChI=1S/C23H26ClN3O3.C18H18ClN3O/c1-16-12-21(25-22(28)30-23(2,3)4)26-27(16)14-18-13-19(24)10-11-20(18)29-15-17-8-6-5-7-9-17;1-13-9-18(20)21-22(13)11-15-10-16(19)7-8-17(15)23-12-14-5-3-2-4-6-14/h5-13H,14-15H2,1-4H3,(H,25,26,28);2-10H,11-12H2,1H3,(H2,20,21). The molecule has 0 saturated carbocycles. The van der Waals surface area contributed by atoms with Gasteiger partial charge in [-0.3, -0.25) is 14.7 Å². The van der Waals surface area contributed by atoms with Crippen LogP contribution in [-0.4, -0.2) is 31.3 Å². The van der Waals surface area contributed by atoms with E-state index in [0.29, 0.717) is 48.0 Å². The second kappa shape index (κ2) is 17.9. The van der Waals surface area contributed by atoms with E-state index in [0.717, 1.165) is 45.1 Å². The van der Waals surface area contributed by atoms with Gasteiger partial charge < -0.3 is 19.9 Å². The number of amides is 1. The second-order valence-corrected chi connectivity index (χ2v) is 14.2. The Labute approximate surface area is 320 Å². The molecule has 0 spiro atoms. The highest BCUT2D eigenvalue weighted by Crippen LogP contribution is 2.27. The zero-order valence-electron chi connectivity index (χ0n) is 30.5. The minimum Gasteiger partial charge on any atom is -0.489 e. The number of aromatic nitrogens is 4. The monoisotopic (exact) mass is 754 g/mol. The Kier molecular flexibility index (Phi) is 13.1. The Morgan fingerprint density at radius 2 is 1.17 bits per heavy atom. The smallest absolute Gasteiger partial charge is 0.413 e. The number of rotatable bonds is 11. The van der Waals surface area contributed by atoms with Crippen LogP contribution in [0.1, 0.15) is 54.4 Å². The van der Waals surface area contributed by atoms with Crippen LogP contribution >= 0.6 is 23.2 Å². The van der Waals surface area contributed by atoms with Crippen LogP contribution in [-0.2, 0) is 31.0 Å². The molecule has 0 aliphatic heterocycles. The maximum absolute atomic E-state index is 12.0. The third kappa shape index (κ3) is 12.1. The fraction of sp³-hybridized carbons (Fsp3) is 0.244. The highest BCUT2D eigenvalue weighted by atomic mass is 35.5. The number of benzene rings is 4. The van der Waals surface area contributed by atoms with Crippen molar-refractivity contribution in [2.24, 2.45) is 0 Å². The summed E-state index contributed by atoms with van der Waals surface area (Å²) in [6.45, 7) is 11.3. The van der Waals surface area contributed by atoms with E-state index in [1.165, 1.54) is 0 Å². The predicted octanol–water partition coefficient (Wildman–Crippen LogP) is 9.87. The van der Waals surface area contributed by atoms with Crippen molar-refractivity contribution in [1.29, 1.82) is 0 Å². The molecule has 0 aliphatic carbocycles. The summed E-state index contributed by atoms with van der Waals surface area (Å²) < 4.78 is 20.9. The van der Waals surface area contributed by atoms with E-state index in [4.69, 9.17) is 43.1 Å². The maximum Gasteiger partial charge on any atom is 0.413 e. The molecule has 12 heteroatoms. The first-order valence-corrected chi connectivity index (χ1v) is 17.8. The van der Waals surface area contributed by atoms with E-state index in [1.807, 2.05) is 136 Å². The number of halogens is 2. The van der Waals surface area contributed by atoms with Gasteiger partial charge in [0.15, 0.2) is 5.82 Å². The quantitative estimate of drug-likeness (QED) is 0.135. The summed E-state index contributed by atoms with van der Waals surface area (Å²) in [4.78, 5) is 12.0. The number of nitrogens with zero attached hydrogens (tertiary/aromatic N) is 4. The molecule has 0 radical (unpaired) electrons. The molecule has 6 aromatic rings. The number of carbonyl (C=O) groups excluding carboxylic acids is 1. The molecule has 0 aliphatic rings. The average molecular weight is 756 g/mol. The van der Waals surface area contributed by atoms with Gasteiger partial charge in [0.2, 0.25) is 0 Å². The van der Waals surface area contributed by atoms with Crippen molar-refractivity contribution in [2.75, 3.05) is 11.1 Å². The molecule has 2 aromatic heterocycles. The van der Waals surface area contributed by atoms with Gasteiger partial charge in [0.25, 0.3) is 0 Å². The SMILES string of the molecule is Cc1cc(N)nn1Cc1cc(Cl)ccc1OCc1ccccc1.Cc1cc(NC(=O)OC(C)(C)C)nn1Cc1cc(Cl)ccc1OCc1ccccc1. The summed E-state index contributed by atoms with van der Waals surface area (Å²) in [5.41, 5.74) is 11.1. The van der Waals surface area contributed by atoms with Crippen LogP contribution in [0.4, 0.5) is 16.4 Å². The first-order valence-electron chi connectivity index (χ1n) is 17.1. The van der Waals surface area contributed by atoms with Crippen molar-refractivity contribution in [2.45, 2.75) is 66.5 Å². The van der Waals surface area contributed by atoms with Gasteiger partial charge in [0.1, 0.15) is 36.1 Å². The molecule has 3 N–H and O–H groups in total. The summed E-state index contributed by atoms with van der Waals surface area (Å²) in [7, 11) is 0. The summed E-state index contributed by atoms with van der Waals surface area (Å²) >= 11 is 12.4. The predicted molar refractivity (Wildman–Crippen MR) is 211 cm³/mol. The van der Waals surface area contributed by atoms with Crippen molar-refractivity contribution in [1.82, 2.24) is 19.6 Å². The van der Waals surface area contributed by atoms with Crippen LogP contribution in [0.3, 0.4) is 0 Å². The highest BCUT2D eigenvalue weighted by molar-refractivity contribution is 6.31. The molecule has 0 bridgehead atoms. The van der Waals surface area contributed by atoms with Gasteiger partial charge in [-0.15, -0.1) is 0 Å². The van der Waals surface area contributed by atoms with Gasteiger partial charge in [0.05, 0.1) is 13.1 Å². The molecule has 1 amide bonds. The Morgan fingerprint density at radius 3 is 1.62 bits per heavy atom. The highest BCUT2D eigenvalue weighted by Gasteiger charge is 2.18. The van der Waals surface area contributed by atoms with Gasteiger partial charge in [-0.25, -0.2) is 4.79 Å². The lowest BCUT2D eigenvalue weighted by molar-refractivity contribution is 0.0635. The normalized spacial score (nSPS) is 11.0. The van der Waals surface area contributed by atoms with Crippen molar-refractivity contribution >= 4 is 40.9 Å². The number of nitrogens with one attached hydrogen (secondary N) is 1. The van der Waals surface area contributed by atoms with Gasteiger partial charge in [-0.2, -0.15) is 10.2 Å². The van der Waals surface area contributed by atoms with Crippen LogP contribution in [0.25, 0.3) is 0 Å². The minimum atomic E-state index is -0.576. The van der Waals surface area contributed by atoms with Crippen LogP contribution in [0.5, 0.6) is 11.5 Å². The summed E-state index contributed by atoms with van der Waals surface area (Å²) in [6.07, 6.45) is -0.540. The number of nitrogens with two attached hydrogens (primary N) is 1. The number of hydrogen-bond donors (Lipinski definition) is 2. The van der Waals surface area contributed by atoms with E-state index in [1.54, 1.807) is 16.8 Å². The van der Waals surface area contributed by atoms with E-state index >= 15 is 0 Å². The molecule has 0 unspecified atom stereocenters. The first-order chi connectivity index (χ1) is 25.3. The fourth-order valence-corrected chi connectivity index (χ4v) is 5.64. The lowest BCUT2D eigenvalue weighted by atomic mass is 10.2. The van der Waals surface area contributed by atoms with Gasteiger partial charge in [-0.1, -0.05) is 83.9 Å². The Morgan fingerprint density at radius 1 is 0.698 bits per heavy atom. The zero-order valence-corrected chi connectivity index (χ0v) is 32.0. The van der Waals surface area contributed by atoms with Gasteiger partial charge >= 0.3 is 6.09 Å². The molecule has 4 aromatic carbocycles. The summed E-state index contributed by atoms with van der Waals surface area (Å²) in [5, 5.41) is 12.7. The first kappa shape index (κ1) is 38.8. The zero-order chi connectivity index (χ0) is 38.0. The van der Waals surface area contributed by atoms with E-state index in [2.05, 4.69) is 15.5 Å². The van der Waals surface area contributed by atoms with Crippen LogP contribution in [0, 0.1) is 13.8 Å². The number of anilines is 2. The summed E-state index contributed by atoms with van der Waals surface area (Å²) in [6, 6.07) is 34.8. The molecular weight excluding hydrogens is 711 g/mol. The van der Waals surface area contributed by atoms with E-state index in [9.17, 15) is 4.79 Å². The number of carbonyl (C=O) groups is 1. The molecule has 53 heavy (non-hydrogen) atoms. The summed E-state index contributed by atoms with van der Waals surface area (Å²) in [5.74, 6) is 2.47. The number of ether oxygens (including phenoxy) is 3. The van der Waals surface area contributed by atoms with E-state index < -0.39 is 11.7 Å². The Bertz CT molecular complexity index is 2110. The average Bonchev–Trinajstić information content (AvgIpc) is 3.61. The molecule has 0 fully saturated rings. The molecule has 0 atom stereocenters. The van der Waals surface area contributed by atoms with Crippen LogP contribution in [0.2, 0.25) is 10.0 Å². The van der Waals surface area contributed by atoms with Crippen molar-refractivity contribution in [3.05, 3.63) is 153 Å². The lowest BCUT2D eigenvalue weighted by Crippen LogP contribution is -2.27. The van der Waals surface area contributed by atoms with Crippen LogP contribution in [0.15, 0.2) is 109 Å². The number of aryl methyl sites for hydroxylation is 2. The molecule has 276 valence electrons. The topological polar surface area (TPSA) is 118 Å². The van der Waals surface area contributed by atoms with Gasteiger partial charge in [-0.05, 0) is 82.1 Å². The molecule has 2 heterocycles. The Balaban J connectivity index is 0.000000211. The molecule has 10 nitrogen and oxygen atoms in total. The molecule has 6 rings (SSSR count). The number of nitrogen functional groups attached to an aromatic ring is 1. The minimum absolute atomic E-state index is 0.426. The second-order valence-electron chi connectivity index (χ2n) is 13.4. The third-order valence-corrected chi connectivity index (χ3v) is 8.24. The largest absolute Gasteiger partial charge is 0.489 e. The van der Waals surface area contributed by atoms with Crippen molar-refractivity contribution < 1.29 is 19.0 Å². The maximum atomic E-state index is 12.0. The lowest BCUT2D eigenvalue weighted by Gasteiger charge is -2.19. The molecular formula is C41H44Cl2N6O4. The third-order valence-electron chi connectivity index (χ3n) is 7.77. The molecule has 0 saturated heterocycles. The van der Waals surface area contributed by atoms with Crippen molar-refractivity contribution in [3.8, 4) is 11.5 Å². The number of hydrogen-bond acceptors (Lipinski definition) is 7. The van der Waals surface area contributed by atoms with Crippen molar-refractivity contribution in [3.63, 3.8) is 0 Å². The van der Waals surface area contributed by atoms with E-state index in [-0.39, 0.29) is 0 Å².